The molecule has 1 saturated heterocycles. The molecule has 6 heteroatoms. The van der Waals surface area contributed by atoms with Crippen LogP contribution in [0.15, 0.2) is 48.8 Å². The van der Waals surface area contributed by atoms with Crippen LogP contribution in [0.3, 0.4) is 0 Å². The Hall–Kier alpha value is -2.42. The molecule has 1 aromatic carbocycles. The van der Waals surface area contributed by atoms with Crippen LogP contribution in [-0.2, 0) is 0 Å². The summed E-state index contributed by atoms with van der Waals surface area (Å²) in [6.07, 6.45) is 3.23. The van der Waals surface area contributed by atoms with Crippen LogP contribution < -0.4 is 0 Å². The van der Waals surface area contributed by atoms with Crippen molar-refractivity contribution in [3.63, 3.8) is 0 Å². The summed E-state index contributed by atoms with van der Waals surface area (Å²) in [5, 5.41) is 10.2. The summed E-state index contributed by atoms with van der Waals surface area (Å²) in [5.74, 6) is -0.0113. The Labute approximate surface area is 146 Å². The van der Waals surface area contributed by atoms with Crippen LogP contribution >= 0.6 is 11.6 Å². The van der Waals surface area contributed by atoms with Crippen molar-refractivity contribution in [3.8, 4) is 6.07 Å². The van der Waals surface area contributed by atoms with Crippen molar-refractivity contribution in [2.24, 2.45) is 0 Å². The maximum absolute atomic E-state index is 12.4. The minimum atomic E-state index is -0.321. The van der Waals surface area contributed by atoms with E-state index < -0.39 is 0 Å². The minimum Gasteiger partial charge on any atom is -0.336 e. The van der Waals surface area contributed by atoms with Gasteiger partial charge in [-0.1, -0.05) is 23.7 Å². The molecule has 2 heterocycles. The fourth-order valence-electron chi connectivity index (χ4n) is 2.87. The second-order valence-corrected chi connectivity index (χ2v) is 6.09. The van der Waals surface area contributed by atoms with E-state index in [1.165, 1.54) is 0 Å². The van der Waals surface area contributed by atoms with Crippen molar-refractivity contribution in [3.05, 3.63) is 64.9 Å². The molecule has 1 aliphatic rings. The maximum Gasteiger partial charge on any atom is 0.255 e. The molecule has 0 radical (unpaired) electrons. The van der Waals surface area contributed by atoms with Gasteiger partial charge in [-0.15, -0.1) is 0 Å². The number of nitrogens with zero attached hydrogens (tertiary/aromatic N) is 4. The van der Waals surface area contributed by atoms with E-state index >= 15 is 0 Å². The van der Waals surface area contributed by atoms with Crippen LogP contribution in [0.5, 0.6) is 0 Å². The zero-order valence-electron chi connectivity index (χ0n) is 13.1. The molecule has 24 heavy (non-hydrogen) atoms. The van der Waals surface area contributed by atoms with E-state index in [-0.39, 0.29) is 11.9 Å². The summed E-state index contributed by atoms with van der Waals surface area (Å²) in [6.45, 7) is 2.51. The van der Waals surface area contributed by atoms with E-state index in [2.05, 4.69) is 16.0 Å². The molecule has 0 spiro atoms. The highest BCUT2D eigenvalue weighted by Gasteiger charge is 2.27. The first-order valence-corrected chi connectivity index (χ1v) is 8.15. The predicted octanol–water partition coefficient (Wildman–Crippen LogP) is 2.76. The molecule has 0 bridgehead atoms. The number of halogens is 1. The Morgan fingerprint density at radius 2 is 1.88 bits per heavy atom. The largest absolute Gasteiger partial charge is 0.336 e. The Kier molecular flexibility index (Phi) is 5.09. The first-order valence-electron chi connectivity index (χ1n) is 7.77. The standard InChI is InChI=1S/C18H17ClN4O/c19-16-5-3-14(4-6-16)17(12-20)22-8-10-23(11-9-22)18(24)15-2-1-7-21-13-15/h1-7,13,17H,8-11H2. The number of aromatic nitrogens is 1. The summed E-state index contributed by atoms with van der Waals surface area (Å²) in [4.78, 5) is 20.3. The highest BCUT2D eigenvalue weighted by molar-refractivity contribution is 6.30. The molecule has 1 unspecified atom stereocenters. The summed E-state index contributed by atoms with van der Waals surface area (Å²) >= 11 is 5.91. The number of pyridine rings is 1. The summed E-state index contributed by atoms with van der Waals surface area (Å²) < 4.78 is 0. The van der Waals surface area contributed by atoms with Crippen molar-refractivity contribution in [1.82, 2.24) is 14.8 Å². The second kappa shape index (κ2) is 7.43. The average molecular weight is 341 g/mol. The van der Waals surface area contributed by atoms with Crippen LogP contribution in [0.25, 0.3) is 0 Å². The SMILES string of the molecule is N#CC(c1ccc(Cl)cc1)N1CCN(C(=O)c2cccnc2)CC1. The fraction of sp³-hybridized carbons (Fsp3) is 0.278. The lowest BCUT2D eigenvalue weighted by Gasteiger charge is -2.37. The minimum absolute atomic E-state index is 0.0113. The maximum atomic E-state index is 12.4. The van der Waals surface area contributed by atoms with E-state index in [0.29, 0.717) is 36.8 Å². The summed E-state index contributed by atoms with van der Waals surface area (Å²) in [5.41, 5.74) is 1.52. The van der Waals surface area contributed by atoms with Crippen LogP contribution in [0.2, 0.25) is 5.02 Å². The first kappa shape index (κ1) is 16.4. The van der Waals surface area contributed by atoms with E-state index in [1.807, 2.05) is 17.0 Å². The van der Waals surface area contributed by atoms with Crippen LogP contribution in [0.4, 0.5) is 0 Å². The lowest BCUT2D eigenvalue weighted by molar-refractivity contribution is 0.0606. The number of rotatable bonds is 3. The number of nitriles is 1. The van der Waals surface area contributed by atoms with Gasteiger partial charge in [-0.25, -0.2) is 0 Å². The molecule has 1 aliphatic heterocycles. The zero-order valence-corrected chi connectivity index (χ0v) is 13.9. The third-order valence-corrected chi connectivity index (χ3v) is 4.44. The van der Waals surface area contributed by atoms with Crippen molar-refractivity contribution in [1.29, 1.82) is 5.26 Å². The summed E-state index contributed by atoms with van der Waals surface area (Å²) in [6, 6.07) is 12.9. The Bertz CT molecular complexity index is 734. The van der Waals surface area contributed by atoms with E-state index in [0.717, 1.165) is 5.56 Å². The van der Waals surface area contributed by atoms with Crippen molar-refractivity contribution >= 4 is 17.5 Å². The van der Waals surface area contributed by atoms with E-state index in [1.54, 1.807) is 36.7 Å². The van der Waals surface area contributed by atoms with Gasteiger partial charge in [-0.2, -0.15) is 5.26 Å². The normalized spacial score (nSPS) is 16.4. The highest BCUT2D eigenvalue weighted by atomic mass is 35.5. The molecule has 1 fully saturated rings. The molecule has 1 aromatic heterocycles. The van der Waals surface area contributed by atoms with Gasteiger partial charge in [0, 0.05) is 43.6 Å². The molecular weight excluding hydrogens is 324 g/mol. The predicted molar refractivity (Wildman–Crippen MR) is 91.5 cm³/mol. The van der Waals surface area contributed by atoms with Crippen molar-refractivity contribution < 1.29 is 4.79 Å². The van der Waals surface area contributed by atoms with Crippen molar-refractivity contribution in [2.45, 2.75) is 6.04 Å². The number of benzene rings is 1. The van der Waals surface area contributed by atoms with E-state index in [4.69, 9.17) is 11.6 Å². The fourth-order valence-corrected chi connectivity index (χ4v) is 2.99. The van der Waals surface area contributed by atoms with Gasteiger partial charge in [0.1, 0.15) is 6.04 Å². The Morgan fingerprint density at radius 1 is 1.17 bits per heavy atom. The molecule has 2 aromatic rings. The Morgan fingerprint density at radius 3 is 2.46 bits per heavy atom. The Balaban J connectivity index is 1.65. The third kappa shape index (κ3) is 3.56. The monoisotopic (exact) mass is 340 g/mol. The molecule has 1 atom stereocenters. The third-order valence-electron chi connectivity index (χ3n) is 4.18. The second-order valence-electron chi connectivity index (χ2n) is 5.65. The summed E-state index contributed by atoms with van der Waals surface area (Å²) in [7, 11) is 0. The number of hydrogen-bond acceptors (Lipinski definition) is 4. The molecule has 5 nitrogen and oxygen atoms in total. The molecule has 1 amide bonds. The van der Waals surface area contributed by atoms with Crippen LogP contribution in [0.1, 0.15) is 22.0 Å². The smallest absolute Gasteiger partial charge is 0.255 e. The number of piperazine rings is 1. The van der Waals surface area contributed by atoms with Gasteiger partial charge in [-0.05, 0) is 29.8 Å². The van der Waals surface area contributed by atoms with Gasteiger partial charge in [-0.3, -0.25) is 14.7 Å². The molecule has 0 saturated carbocycles. The molecule has 3 rings (SSSR count). The average Bonchev–Trinajstić information content (AvgIpc) is 2.64. The van der Waals surface area contributed by atoms with E-state index in [9.17, 15) is 10.1 Å². The van der Waals surface area contributed by atoms with Gasteiger partial charge in [0.05, 0.1) is 11.6 Å². The lowest BCUT2D eigenvalue weighted by Crippen LogP contribution is -2.49. The van der Waals surface area contributed by atoms with Gasteiger partial charge >= 0.3 is 0 Å². The van der Waals surface area contributed by atoms with Crippen LogP contribution in [-0.4, -0.2) is 46.9 Å². The van der Waals surface area contributed by atoms with Gasteiger partial charge in [0.25, 0.3) is 5.91 Å². The molecular formula is C18H17ClN4O. The number of hydrogen-bond donors (Lipinski definition) is 0. The molecule has 122 valence electrons. The number of carbonyl (C=O) groups is 1. The topological polar surface area (TPSA) is 60.2 Å². The highest BCUT2D eigenvalue weighted by Crippen LogP contribution is 2.23. The van der Waals surface area contributed by atoms with Gasteiger partial charge in [0.15, 0.2) is 0 Å². The molecule has 0 aliphatic carbocycles. The van der Waals surface area contributed by atoms with Crippen molar-refractivity contribution in [2.75, 3.05) is 26.2 Å². The molecule has 0 N–H and O–H groups in total. The lowest BCUT2D eigenvalue weighted by atomic mass is 10.1. The number of amides is 1. The zero-order chi connectivity index (χ0) is 16.9. The number of carbonyl (C=O) groups excluding carboxylic acids is 1. The van der Waals surface area contributed by atoms with Crippen LogP contribution in [0, 0.1) is 11.3 Å². The first-order chi connectivity index (χ1) is 11.7. The van der Waals surface area contributed by atoms with Gasteiger partial charge < -0.3 is 4.90 Å². The van der Waals surface area contributed by atoms with Gasteiger partial charge in [0.2, 0.25) is 0 Å². The quantitative estimate of drug-likeness (QED) is 0.862.